The van der Waals surface area contributed by atoms with Gasteiger partial charge in [-0.3, -0.25) is 0 Å². The summed E-state index contributed by atoms with van der Waals surface area (Å²) in [5.41, 5.74) is 2.83. The Morgan fingerprint density at radius 2 is 1.08 bits per heavy atom. The molecule has 25 heavy (non-hydrogen) atoms. The molecule has 0 spiro atoms. The first-order valence-corrected chi connectivity index (χ1v) is 10.4. The van der Waals surface area contributed by atoms with Crippen molar-refractivity contribution in [2.75, 3.05) is 0 Å². The number of hydrogen-bond donors (Lipinski definition) is 2. The van der Waals surface area contributed by atoms with E-state index in [1.165, 1.54) is 11.1 Å². The van der Waals surface area contributed by atoms with Crippen LogP contribution in [0.5, 0.6) is 0 Å². The molecule has 7 heteroatoms. The molecule has 0 aliphatic heterocycles. The molecular formula is C18H18N6Zr. The van der Waals surface area contributed by atoms with E-state index in [1.807, 2.05) is 0 Å². The quantitative estimate of drug-likeness (QED) is 0.522. The van der Waals surface area contributed by atoms with E-state index in [4.69, 9.17) is 0 Å². The Morgan fingerprint density at radius 3 is 1.44 bits per heavy atom. The molecule has 124 valence electrons. The fraction of sp³-hybridized carbons (Fsp3) is 0.111. The van der Waals surface area contributed by atoms with Gasteiger partial charge in [0.25, 0.3) is 0 Å². The van der Waals surface area contributed by atoms with Gasteiger partial charge in [-0.1, -0.05) is 60.7 Å². The maximum Gasteiger partial charge on any atom is -0.0238 e. The second-order valence-corrected chi connectivity index (χ2v) is 8.45. The van der Waals surface area contributed by atoms with Crippen LogP contribution in [0.1, 0.15) is 11.1 Å². The van der Waals surface area contributed by atoms with Crippen molar-refractivity contribution in [3.05, 3.63) is 84.2 Å². The molecule has 0 unspecified atom stereocenters. The summed E-state index contributed by atoms with van der Waals surface area (Å²) in [6, 6.07) is 21.2. The summed E-state index contributed by atoms with van der Waals surface area (Å²) in [5, 5.41) is 20.3. The number of nitrogens with zero attached hydrogens (tertiary/aromatic N) is 4. The van der Waals surface area contributed by atoms with Crippen LogP contribution in [0.25, 0.3) is 0 Å². The molecule has 0 saturated carbocycles. The Bertz CT molecular complexity index is 745. The summed E-state index contributed by atoms with van der Waals surface area (Å²) >= 11 is -0.832. The Balaban J connectivity index is 0.000000150. The number of benzene rings is 2. The van der Waals surface area contributed by atoms with Gasteiger partial charge in [-0.05, 0) is 24.0 Å². The number of nitrogens with one attached hydrogen (secondary N) is 2. The van der Waals surface area contributed by atoms with Gasteiger partial charge in [0.15, 0.2) is 0 Å². The van der Waals surface area contributed by atoms with E-state index in [1.54, 1.807) is 12.4 Å². The van der Waals surface area contributed by atoms with E-state index in [-0.39, 0.29) is 0 Å². The zero-order valence-corrected chi connectivity index (χ0v) is 16.1. The molecule has 2 N–H and O–H groups in total. The number of hydrogen-bond acceptors (Lipinski definition) is 4. The molecule has 0 aliphatic rings. The second kappa shape index (κ2) is 9.79. The zero-order chi connectivity index (χ0) is 17.2. The standard InChI is InChI=1S/C14H14.2C2H2N3.Zr/c1-3-7-13(8-4-1)11-12-14-9-5-2-6-10-14;2*1-2-4-5-3-1;/h1-10H,11-12H2;2*1H,(H,3,4,5);. The van der Waals surface area contributed by atoms with Crippen molar-refractivity contribution in [2.45, 2.75) is 12.8 Å². The predicted octanol–water partition coefficient (Wildman–Crippen LogP) is 1.43. The third-order valence-corrected chi connectivity index (χ3v) is 5.94. The number of aromatic amines is 2. The Morgan fingerprint density at radius 1 is 0.640 bits per heavy atom. The molecule has 2 heterocycles. The molecule has 2 aromatic carbocycles. The van der Waals surface area contributed by atoms with Crippen LogP contribution in [0.15, 0.2) is 73.1 Å². The topological polar surface area (TPSA) is 83.1 Å². The van der Waals surface area contributed by atoms with Gasteiger partial charge < -0.3 is 0 Å². The minimum Gasteiger partial charge on any atom is -0.0622 e. The molecule has 0 saturated heterocycles. The number of aromatic nitrogens is 6. The van der Waals surface area contributed by atoms with Crippen molar-refractivity contribution in [3.63, 3.8) is 0 Å². The van der Waals surface area contributed by atoms with Crippen LogP contribution >= 0.6 is 0 Å². The van der Waals surface area contributed by atoms with Crippen LogP contribution in [-0.2, 0) is 36.1 Å². The summed E-state index contributed by atoms with van der Waals surface area (Å²) in [7, 11) is 0. The molecule has 0 bridgehead atoms. The largest absolute Gasteiger partial charge is 0.0622 e. The summed E-state index contributed by atoms with van der Waals surface area (Å²) < 4.78 is 2.06. The Kier molecular flexibility index (Phi) is 6.83. The van der Waals surface area contributed by atoms with E-state index in [2.05, 4.69) is 91.5 Å². The molecule has 0 atom stereocenters. The van der Waals surface area contributed by atoms with E-state index in [0.29, 0.717) is 0 Å². The first kappa shape index (κ1) is 17.4. The number of H-pyrrole nitrogens is 2. The van der Waals surface area contributed by atoms with Crippen LogP contribution in [-0.4, -0.2) is 30.8 Å². The molecule has 2 aromatic heterocycles. The van der Waals surface area contributed by atoms with E-state index in [0.717, 1.165) is 19.6 Å². The minimum atomic E-state index is -0.832. The van der Waals surface area contributed by atoms with Gasteiger partial charge in [-0.2, -0.15) is 0 Å². The van der Waals surface area contributed by atoms with Gasteiger partial charge in [0.2, 0.25) is 0 Å². The summed E-state index contributed by atoms with van der Waals surface area (Å²) in [5.74, 6) is 0. The molecule has 0 fully saturated rings. The monoisotopic (exact) mass is 408 g/mol. The molecule has 6 nitrogen and oxygen atoms in total. The van der Waals surface area contributed by atoms with E-state index >= 15 is 0 Å². The van der Waals surface area contributed by atoms with Gasteiger partial charge in [0.1, 0.15) is 0 Å². The number of aryl methyl sites for hydroxylation is 2. The van der Waals surface area contributed by atoms with Crippen molar-refractivity contribution in [2.24, 2.45) is 0 Å². The summed E-state index contributed by atoms with van der Waals surface area (Å²) in [6.45, 7) is 0. The van der Waals surface area contributed by atoms with E-state index < -0.39 is 23.2 Å². The van der Waals surface area contributed by atoms with Gasteiger partial charge in [-0.25, -0.2) is 0 Å². The smallest absolute Gasteiger partial charge is 0.0238 e. The molecule has 4 aromatic rings. The van der Waals surface area contributed by atoms with Crippen molar-refractivity contribution in [1.29, 1.82) is 0 Å². The molecule has 0 aliphatic carbocycles. The Labute approximate surface area is 157 Å². The second-order valence-electron chi connectivity index (χ2n) is 5.31. The SMILES string of the molecule is c1[nH]nn[c]1[Zr][c]1c[nH]nn1.c1ccc(CCc2ccccc2)cc1. The van der Waals surface area contributed by atoms with Gasteiger partial charge in [0.05, 0.1) is 0 Å². The van der Waals surface area contributed by atoms with Crippen LogP contribution < -0.4 is 6.80 Å². The predicted molar refractivity (Wildman–Crippen MR) is 92.3 cm³/mol. The maximum absolute atomic E-state index is 3.88. The van der Waals surface area contributed by atoms with Crippen molar-refractivity contribution >= 4 is 6.80 Å². The van der Waals surface area contributed by atoms with Crippen LogP contribution in [0.3, 0.4) is 0 Å². The van der Waals surface area contributed by atoms with Crippen molar-refractivity contribution in [1.82, 2.24) is 30.8 Å². The molecule has 0 amide bonds. The van der Waals surface area contributed by atoms with Crippen molar-refractivity contribution in [3.8, 4) is 0 Å². The first-order chi connectivity index (χ1) is 12.4. The number of rotatable bonds is 5. The van der Waals surface area contributed by atoms with Crippen LogP contribution in [0.4, 0.5) is 0 Å². The molecule has 4 rings (SSSR count). The third-order valence-electron chi connectivity index (χ3n) is 3.48. The maximum atomic E-state index is 3.88. The third kappa shape index (κ3) is 6.20. The normalized spacial score (nSPS) is 9.92. The fourth-order valence-electron chi connectivity index (χ4n) is 2.23. The fourth-order valence-corrected chi connectivity index (χ4v) is 4.04. The summed E-state index contributed by atoms with van der Waals surface area (Å²) in [4.78, 5) is 0. The van der Waals surface area contributed by atoms with Crippen LogP contribution in [0, 0.1) is 0 Å². The molecule has 0 radical (unpaired) electrons. The average molecular weight is 410 g/mol. The van der Waals surface area contributed by atoms with Gasteiger partial charge in [-0.15, -0.1) is 0 Å². The van der Waals surface area contributed by atoms with E-state index in [9.17, 15) is 0 Å². The summed E-state index contributed by atoms with van der Waals surface area (Å²) in [6.07, 6.45) is 5.87. The van der Waals surface area contributed by atoms with Gasteiger partial charge >= 0.3 is 73.3 Å². The first-order valence-electron chi connectivity index (χ1n) is 7.98. The molecular weight excluding hydrogens is 391 g/mol. The van der Waals surface area contributed by atoms with Gasteiger partial charge in [0, 0.05) is 0 Å². The Hall–Kier alpha value is -2.40. The van der Waals surface area contributed by atoms with Crippen LogP contribution in [0.2, 0.25) is 0 Å². The average Bonchev–Trinajstić information content (AvgIpc) is 3.37. The zero-order valence-electron chi connectivity index (χ0n) is 13.6. The minimum absolute atomic E-state index is 0.832. The van der Waals surface area contributed by atoms with Crippen molar-refractivity contribution < 1.29 is 23.2 Å².